The van der Waals surface area contributed by atoms with E-state index in [9.17, 15) is 17.6 Å². The predicted octanol–water partition coefficient (Wildman–Crippen LogP) is 6.53. The number of ether oxygens (including phenoxy) is 1. The number of halogens is 1. The number of piperidine rings is 1. The summed E-state index contributed by atoms with van der Waals surface area (Å²) in [5, 5.41) is 2.95. The largest absolute Gasteiger partial charge is 0.457 e. The zero-order valence-electron chi connectivity index (χ0n) is 23.8. The van der Waals surface area contributed by atoms with Gasteiger partial charge < -0.3 is 15.0 Å². The molecule has 0 aliphatic carbocycles. The maximum atomic E-state index is 13.3. The highest BCUT2D eigenvalue weighted by atomic mass is 32.2. The molecule has 10 heteroatoms. The molecule has 1 aliphatic rings. The summed E-state index contributed by atoms with van der Waals surface area (Å²) in [7, 11) is -3.32. The Morgan fingerprint density at radius 1 is 0.976 bits per heavy atom. The van der Waals surface area contributed by atoms with Crippen LogP contribution in [-0.4, -0.2) is 56.2 Å². The molecule has 3 aromatic carbocycles. The molecule has 0 unspecified atom stereocenters. The summed E-state index contributed by atoms with van der Waals surface area (Å²) < 4.78 is 44.4. The fraction of sp³-hybridized carbons (Fsp3) is 0.387. The van der Waals surface area contributed by atoms with Crippen LogP contribution in [0, 0.1) is 11.7 Å². The summed E-state index contributed by atoms with van der Waals surface area (Å²) in [6, 6.07) is 20.6. The molecule has 0 aromatic heterocycles. The fourth-order valence-electron chi connectivity index (χ4n) is 4.84. The number of hydrogen-bond acceptors (Lipinski definition) is 5. The Morgan fingerprint density at radius 2 is 1.54 bits per heavy atom. The smallest absolute Gasteiger partial charge is 0.322 e. The lowest BCUT2D eigenvalue weighted by atomic mass is 10.00. The molecule has 3 aromatic rings. The van der Waals surface area contributed by atoms with Crippen LogP contribution >= 0.6 is 0 Å². The number of amides is 2. The molecule has 220 valence electrons. The summed E-state index contributed by atoms with van der Waals surface area (Å²) in [5.41, 5.74) is 2.25. The van der Waals surface area contributed by atoms with E-state index in [1.807, 2.05) is 29.2 Å². The van der Waals surface area contributed by atoms with Crippen molar-refractivity contribution < 1.29 is 22.3 Å². The Morgan fingerprint density at radius 3 is 2.10 bits per heavy atom. The number of nitrogens with one attached hydrogen (secondary N) is 2. The van der Waals surface area contributed by atoms with Crippen LogP contribution in [0.3, 0.4) is 0 Å². The first-order valence-electron chi connectivity index (χ1n) is 14.0. The van der Waals surface area contributed by atoms with Crippen molar-refractivity contribution >= 4 is 27.4 Å². The topological polar surface area (TPSA) is 91.0 Å². The lowest BCUT2D eigenvalue weighted by Gasteiger charge is -2.39. The number of sulfonamides is 1. The first kappa shape index (κ1) is 30.3. The third-order valence-corrected chi connectivity index (χ3v) is 7.89. The Bertz CT molecular complexity index is 1380. The Balaban J connectivity index is 1.29. The molecule has 1 aliphatic heterocycles. The van der Waals surface area contributed by atoms with Gasteiger partial charge in [-0.05, 0) is 85.0 Å². The second-order valence-electron chi connectivity index (χ2n) is 10.8. The van der Waals surface area contributed by atoms with E-state index in [0.29, 0.717) is 35.3 Å². The normalized spacial score (nSPS) is 15.2. The van der Waals surface area contributed by atoms with E-state index in [4.69, 9.17) is 4.74 Å². The minimum absolute atomic E-state index is 0.132. The van der Waals surface area contributed by atoms with E-state index in [-0.39, 0.29) is 17.9 Å². The number of urea groups is 1. The molecule has 8 nitrogen and oxygen atoms in total. The van der Waals surface area contributed by atoms with Crippen LogP contribution in [0.5, 0.6) is 11.5 Å². The molecule has 1 saturated heterocycles. The van der Waals surface area contributed by atoms with Crippen LogP contribution in [0.15, 0.2) is 72.8 Å². The molecule has 2 N–H and O–H groups in total. The van der Waals surface area contributed by atoms with E-state index >= 15 is 0 Å². The number of nitrogens with zero attached hydrogens (tertiary/aromatic N) is 2. The van der Waals surface area contributed by atoms with Gasteiger partial charge in [0, 0.05) is 43.6 Å². The quantitative estimate of drug-likeness (QED) is 0.268. The summed E-state index contributed by atoms with van der Waals surface area (Å²) >= 11 is 0. The maximum absolute atomic E-state index is 13.3. The molecule has 0 spiro atoms. The first-order valence-corrected chi connectivity index (χ1v) is 15.9. The second-order valence-corrected chi connectivity index (χ2v) is 12.5. The van der Waals surface area contributed by atoms with Crippen molar-refractivity contribution in [3.8, 4) is 11.5 Å². The number of rotatable bonds is 11. The van der Waals surface area contributed by atoms with Gasteiger partial charge in [-0.1, -0.05) is 32.4 Å². The van der Waals surface area contributed by atoms with Gasteiger partial charge in [-0.2, -0.15) is 0 Å². The summed E-state index contributed by atoms with van der Waals surface area (Å²) in [4.78, 5) is 17.6. The monoisotopic (exact) mass is 582 g/mol. The van der Waals surface area contributed by atoms with Crippen molar-refractivity contribution in [1.82, 2.24) is 9.80 Å². The minimum Gasteiger partial charge on any atom is -0.457 e. The zero-order valence-corrected chi connectivity index (χ0v) is 24.7. The summed E-state index contributed by atoms with van der Waals surface area (Å²) in [5.74, 6) is 1.37. The molecule has 0 radical (unpaired) electrons. The Hall–Kier alpha value is -3.63. The number of benzene rings is 3. The lowest BCUT2D eigenvalue weighted by molar-refractivity contribution is 0.114. The van der Waals surface area contributed by atoms with Crippen LogP contribution in [-0.2, 0) is 16.6 Å². The highest BCUT2D eigenvalue weighted by Gasteiger charge is 2.29. The van der Waals surface area contributed by atoms with Crippen LogP contribution in [0.4, 0.5) is 20.6 Å². The Labute approximate surface area is 242 Å². The van der Waals surface area contributed by atoms with Crippen LogP contribution in [0.25, 0.3) is 0 Å². The highest BCUT2D eigenvalue weighted by molar-refractivity contribution is 7.92. The van der Waals surface area contributed by atoms with Gasteiger partial charge in [-0.3, -0.25) is 9.62 Å². The lowest BCUT2D eigenvalue weighted by Crippen LogP contribution is -2.50. The SMILES string of the molecule is CC[C@H](C)CN(C(=O)Nc1ccc(F)cc1)C1CCN(Cc2ccc(Oc3ccc(NS(C)(=O)=O)cc3)cc2)CC1. The molecule has 1 heterocycles. The molecule has 1 atom stereocenters. The van der Waals surface area contributed by atoms with Gasteiger partial charge in [-0.15, -0.1) is 0 Å². The van der Waals surface area contributed by atoms with Crippen LogP contribution in [0.1, 0.15) is 38.7 Å². The van der Waals surface area contributed by atoms with E-state index in [1.54, 1.807) is 36.4 Å². The number of likely N-dealkylation sites (tertiary alicyclic amines) is 1. The van der Waals surface area contributed by atoms with Crippen LogP contribution in [0.2, 0.25) is 0 Å². The molecule has 4 rings (SSSR count). The summed E-state index contributed by atoms with van der Waals surface area (Å²) in [6.07, 6.45) is 3.88. The predicted molar refractivity (Wildman–Crippen MR) is 161 cm³/mol. The van der Waals surface area contributed by atoms with Crippen molar-refractivity contribution in [2.75, 3.05) is 35.9 Å². The van der Waals surface area contributed by atoms with Gasteiger partial charge in [0.2, 0.25) is 10.0 Å². The van der Waals surface area contributed by atoms with Crippen molar-refractivity contribution in [3.63, 3.8) is 0 Å². The average molecular weight is 583 g/mol. The molecule has 41 heavy (non-hydrogen) atoms. The molecule has 1 fully saturated rings. The van der Waals surface area contributed by atoms with Crippen molar-refractivity contribution in [2.45, 2.75) is 45.7 Å². The van der Waals surface area contributed by atoms with E-state index in [1.165, 1.54) is 17.7 Å². The van der Waals surface area contributed by atoms with Crippen molar-refractivity contribution in [2.24, 2.45) is 5.92 Å². The first-order chi connectivity index (χ1) is 19.6. The maximum Gasteiger partial charge on any atom is 0.322 e. The molecule has 0 bridgehead atoms. The molecular weight excluding hydrogens is 543 g/mol. The minimum atomic E-state index is -3.32. The van der Waals surface area contributed by atoms with Crippen LogP contribution < -0.4 is 14.8 Å². The third-order valence-electron chi connectivity index (χ3n) is 7.28. The van der Waals surface area contributed by atoms with Gasteiger partial charge in [0.25, 0.3) is 0 Å². The standard InChI is InChI=1S/C31H39FN4O4S/c1-4-23(2)21-36(31(37)33-26-9-7-25(32)8-10-26)28-17-19-35(20-18-28)22-24-5-13-29(14-6-24)40-30-15-11-27(12-16-30)34-41(3,38)39/h5-16,23,28,34H,4,17-22H2,1-3H3,(H,33,37)/t23-/m0/s1. The van der Waals surface area contributed by atoms with Gasteiger partial charge >= 0.3 is 6.03 Å². The van der Waals surface area contributed by atoms with E-state index in [2.05, 4.69) is 28.8 Å². The number of carbonyl (C=O) groups is 1. The van der Waals surface area contributed by atoms with Crippen molar-refractivity contribution in [3.05, 3.63) is 84.2 Å². The number of anilines is 2. The molecular formula is C31H39FN4O4S. The van der Waals surface area contributed by atoms with Gasteiger partial charge in [-0.25, -0.2) is 17.6 Å². The number of carbonyl (C=O) groups excluding carboxylic acids is 1. The molecule has 2 amide bonds. The zero-order chi connectivity index (χ0) is 29.4. The van der Waals surface area contributed by atoms with E-state index in [0.717, 1.165) is 45.2 Å². The fourth-order valence-corrected chi connectivity index (χ4v) is 5.41. The van der Waals surface area contributed by atoms with E-state index < -0.39 is 10.0 Å². The number of hydrogen-bond donors (Lipinski definition) is 2. The average Bonchev–Trinajstić information content (AvgIpc) is 2.94. The van der Waals surface area contributed by atoms with Gasteiger partial charge in [0.15, 0.2) is 0 Å². The summed E-state index contributed by atoms with van der Waals surface area (Å²) in [6.45, 7) is 7.56. The van der Waals surface area contributed by atoms with Gasteiger partial charge in [0.05, 0.1) is 6.26 Å². The van der Waals surface area contributed by atoms with Gasteiger partial charge in [0.1, 0.15) is 17.3 Å². The third kappa shape index (κ3) is 9.47. The Kier molecular flexibility index (Phi) is 10.2. The molecule has 0 saturated carbocycles. The second kappa shape index (κ2) is 13.8. The van der Waals surface area contributed by atoms with Crippen molar-refractivity contribution in [1.29, 1.82) is 0 Å². The highest BCUT2D eigenvalue weighted by Crippen LogP contribution is 2.25.